The molecule has 3 rings (SSSR count). The van der Waals surface area contributed by atoms with E-state index in [4.69, 9.17) is 16.0 Å². The highest BCUT2D eigenvalue weighted by molar-refractivity contribution is 7.89. The number of hydrogen-bond donors (Lipinski definition) is 1. The molecule has 0 saturated heterocycles. The zero-order valence-corrected chi connectivity index (χ0v) is 22.4. The number of nitrogens with one attached hydrogen (secondary N) is 1. The van der Waals surface area contributed by atoms with Gasteiger partial charge in [-0.25, -0.2) is 13.8 Å². The number of aryl methyl sites for hydroxylation is 1. The number of hydrazone groups is 1. The molecule has 11 heteroatoms. The SMILES string of the molecule is CCN(CC)C(=O)C(=O)N/N=C/c1ccc(CN(Cc2ccc(Cl)cc2)S(=O)(=O)c2ccc(C)cc2)o1. The number of nitrogens with zero attached hydrogens (tertiary/aromatic N) is 3. The molecule has 37 heavy (non-hydrogen) atoms. The topological polar surface area (TPSA) is 112 Å². The van der Waals surface area contributed by atoms with Gasteiger partial charge in [-0.05, 0) is 62.7 Å². The van der Waals surface area contributed by atoms with Crippen LogP contribution in [0.4, 0.5) is 0 Å². The standard InChI is InChI=1S/C26H29ClN4O5S/c1-4-30(5-2)26(33)25(32)29-28-16-22-12-13-23(36-22)18-31(17-20-8-10-21(27)11-9-20)37(34,35)24-14-6-19(3)7-15-24/h6-16H,4-5,17-18H2,1-3H3,(H,29,32)/b28-16+. The third kappa shape index (κ3) is 7.51. The Balaban J connectivity index is 1.77. The molecule has 0 aliphatic carbocycles. The van der Waals surface area contributed by atoms with Crippen LogP contribution in [-0.4, -0.2) is 48.7 Å². The van der Waals surface area contributed by atoms with Gasteiger partial charge >= 0.3 is 11.8 Å². The lowest BCUT2D eigenvalue weighted by Crippen LogP contribution is -2.41. The number of carbonyl (C=O) groups is 2. The normalized spacial score (nSPS) is 11.7. The number of benzene rings is 2. The molecule has 3 aromatic rings. The van der Waals surface area contributed by atoms with Crippen LogP contribution in [0.15, 0.2) is 75.1 Å². The number of furan rings is 1. The first-order valence-electron chi connectivity index (χ1n) is 11.7. The van der Waals surface area contributed by atoms with Crippen LogP contribution in [0, 0.1) is 6.92 Å². The Morgan fingerprint density at radius 2 is 1.62 bits per heavy atom. The lowest BCUT2D eigenvalue weighted by molar-refractivity contribution is -0.145. The van der Waals surface area contributed by atoms with Gasteiger partial charge in [0.25, 0.3) is 0 Å². The lowest BCUT2D eigenvalue weighted by atomic mass is 10.2. The Labute approximate surface area is 221 Å². The van der Waals surface area contributed by atoms with Crippen molar-refractivity contribution in [1.29, 1.82) is 0 Å². The lowest BCUT2D eigenvalue weighted by Gasteiger charge is -2.21. The number of hydrogen-bond acceptors (Lipinski definition) is 6. The molecule has 2 aromatic carbocycles. The minimum absolute atomic E-state index is 0.0422. The van der Waals surface area contributed by atoms with E-state index in [1.54, 1.807) is 74.5 Å². The smallest absolute Gasteiger partial charge is 0.329 e. The zero-order valence-electron chi connectivity index (χ0n) is 20.8. The summed E-state index contributed by atoms with van der Waals surface area (Å²) in [6, 6.07) is 16.8. The van der Waals surface area contributed by atoms with Gasteiger partial charge in [-0.1, -0.05) is 41.4 Å². The number of halogens is 1. The largest absolute Gasteiger partial charge is 0.459 e. The van der Waals surface area contributed by atoms with Crippen LogP contribution in [0.5, 0.6) is 0 Å². The third-order valence-corrected chi connectivity index (χ3v) is 7.61. The maximum absolute atomic E-state index is 13.5. The Morgan fingerprint density at radius 1 is 0.973 bits per heavy atom. The summed E-state index contributed by atoms with van der Waals surface area (Å²) in [4.78, 5) is 25.5. The van der Waals surface area contributed by atoms with Gasteiger partial charge in [0.1, 0.15) is 11.5 Å². The number of likely N-dealkylation sites (N-methyl/N-ethyl adjacent to an activating group) is 1. The van der Waals surface area contributed by atoms with E-state index in [9.17, 15) is 18.0 Å². The van der Waals surface area contributed by atoms with E-state index in [0.29, 0.717) is 23.9 Å². The summed E-state index contributed by atoms with van der Waals surface area (Å²) < 4.78 is 34.0. The van der Waals surface area contributed by atoms with Gasteiger partial charge < -0.3 is 9.32 Å². The van der Waals surface area contributed by atoms with E-state index in [2.05, 4.69) is 10.5 Å². The van der Waals surface area contributed by atoms with Crippen LogP contribution >= 0.6 is 11.6 Å². The maximum atomic E-state index is 13.5. The molecular weight excluding hydrogens is 516 g/mol. The van der Waals surface area contributed by atoms with E-state index in [1.807, 2.05) is 6.92 Å². The van der Waals surface area contributed by atoms with Crippen molar-refractivity contribution in [2.24, 2.45) is 5.10 Å². The summed E-state index contributed by atoms with van der Waals surface area (Å²) >= 11 is 5.98. The summed E-state index contributed by atoms with van der Waals surface area (Å²) in [6.07, 6.45) is 1.24. The summed E-state index contributed by atoms with van der Waals surface area (Å²) in [7, 11) is -3.86. The van der Waals surface area contributed by atoms with Crippen LogP contribution in [-0.2, 0) is 32.7 Å². The highest BCUT2D eigenvalue weighted by atomic mass is 35.5. The molecule has 0 aliphatic rings. The molecule has 0 atom stereocenters. The average Bonchev–Trinajstić information content (AvgIpc) is 3.33. The molecule has 2 amide bonds. The Kier molecular flexibility index (Phi) is 9.62. The van der Waals surface area contributed by atoms with Gasteiger partial charge in [-0.15, -0.1) is 0 Å². The number of amides is 2. The first-order chi connectivity index (χ1) is 17.6. The van der Waals surface area contributed by atoms with Crippen molar-refractivity contribution in [3.63, 3.8) is 0 Å². The second-order valence-electron chi connectivity index (χ2n) is 8.19. The van der Waals surface area contributed by atoms with E-state index in [0.717, 1.165) is 11.1 Å². The van der Waals surface area contributed by atoms with Crippen LogP contribution in [0.2, 0.25) is 5.02 Å². The highest BCUT2D eigenvalue weighted by Gasteiger charge is 2.26. The molecule has 0 bridgehead atoms. The molecule has 0 unspecified atom stereocenters. The van der Waals surface area contributed by atoms with Crippen LogP contribution in [0.1, 0.15) is 36.5 Å². The summed E-state index contributed by atoms with van der Waals surface area (Å²) in [5.74, 6) is -0.882. The van der Waals surface area contributed by atoms with Gasteiger partial charge in [-0.3, -0.25) is 9.59 Å². The monoisotopic (exact) mass is 544 g/mol. The van der Waals surface area contributed by atoms with Crippen molar-refractivity contribution in [2.75, 3.05) is 13.1 Å². The van der Waals surface area contributed by atoms with E-state index in [-0.39, 0.29) is 23.7 Å². The molecule has 1 N–H and O–H groups in total. The van der Waals surface area contributed by atoms with Gasteiger partial charge in [0.05, 0.1) is 17.7 Å². The van der Waals surface area contributed by atoms with Crippen molar-refractivity contribution in [3.8, 4) is 0 Å². The quantitative estimate of drug-likeness (QED) is 0.236. The van der Waals surface area contributed by atoms with Gasteiger partial charge in [0.2, 0.25) is 10.0 Å². The molecule has 0 radical (unpaired) electrons. The number of sulfonamides is 1. The second kappa shape index (κ2) is 12.7. The fraction of sp³-hybridized carbons (Fsp3) is 0.269. The third-order valence-electron chi connectivity index (χ3n) is 5.55. The highest BCUT2D eigenvalue weighted by Crippen LogP contribution is 2.23. The van der Waals surface area contributed by atoms with Crippen LogP contribution in [0.25, 0.3) is 0 Å². The molecular formula is C26H29ClN4O5S. The number of rotatable bonds is 10. The summed E-state index contributed by atoms with van der Waals surface area (Å²) in [5.41, 5.74) is 3.89. The molecule has 0 saturated carbocycles. The van der Waals surface area contributed by atoms with Crippen molar-refractivity contribution >= 4 is 39.7 Å². The second-order valence-corrected chi connectivity index (χ2v) is 10.6. The Morgan fingerprint density at radius 3 is 2.24 bits per heavy atom. The predicted molar refractivity (Wildman–Crippen MR) is 141 cm³/mol. The molecule has 0 aliphatic heterocycles. The van der Waals surface area contributed by atoms with E-state index < -0.39 is 21.8 Å². The van der Waals surface area contributed by atoms with Crippen molar-refractivity contribution in [2.45, 2.75) is 38.8 Å². The Bertz CT molecular complexity index is 1350. The predicted octanol–water partition coefficient (Wildman–Crippen LogP) is 3.95. The molecule has 9 nitrogen and oxygen atoms in total. The molecule has 0 spiro atoms. The van der Waals surface area contributed by atoms with Crippen molar-refractivity contribution < 1.29 is 22.4 Å². The molecule has 0 fully saturated rings. The minimum atomic E-state index is -3.86. The van der Waals surface area contributed by atoms with Crippen LogP contribution < -0.4 is 5.43 Å². The van der Waals surface area contributed by atoms with E-state index >= 15 is 0 Å². The van der Waals surface area contributed by atoms with E-state index in [1.165, 1.54) is 15.4 Å². The summed E-state index contributed by atoms with van der Waals surface area (Å²) in [6.45, 7) is 6.31. The summed E-state index contributed by atoms with van der Waals surface area (Å²) in [5, 5.41) is 4.33. The van der Waals surface area contributed by atoms with Crippen molar-refractivity contribution in [3.05, 3.63) is 88.3 Å². The van der Waals surface area contributed by atoms with Crippen LogP contribution in [0.3, 0.4) is 0 Å². The minimum Gasteiger partial charge on any atom is -0.459 e. The first-order valence-corrected chi connectivity index (χ1v) is 13.5. The van der Waals surface area contributed by atoms with Gasteiger partial charge in [-0.2, -0.15) is 9.41 Å². The van der Waals surface area contributed by atoms with Crippen molar-refractivity contribution in [1.82, 2.24) is 14.6 Å². The van der Waals surface area contributed by atoms with Gasteiger partial charge in [0.15, 0.2) is 0 Å². The van der Waals surface area contributed by atoms with Gasteiger partial charge in [0, 0.05) is 24.7 Å². The molecule has 196 valence electrons. The molecule has 1 aromatic heterocycles. The average molecular weight is 545 g/mol. The maximum Gasteiger partial charge on any atom is 0.329 e. The fourth-order valence-corrected chi connectivity index (χ4v) is 4.98. The Hall–Kier alpha value is -3.47. The number of carbonyl (C=O) groups excluding carboxylic acids is 2. The fourth-order valence-electron chi connectivity index (χ4n) is 3.46. The molecule has 1 heterocycles. The first kappa shape index (κ1) is 28.1. The zero-order chi connectivity index (χ0) is 27.0.